The number of hydrogen-bond acceptors (Lipinski definition) is 3. The number of carbonyl (C=O) groups excluding carboxylic acids is 2. The molecule has 1 saturated carbocycles. The maximum Gasteiger partial charge on any atom is 0.279 e. The second-order valence-corrected chi connectivity index (χ2v) is 7.55. The van der Waals surface area contributed by atoms with Gasteiger partial charge in [-0.3, -0.25) is 9.59 Å². The number of para-hydroxylation sites is 1. The standard InChI is InChI=1S/C22H25N3O3/c26-21(14-20-22(27)25-19-9-5-4-8-18(19)24-20)23-15-10-12-17(13-11-15)28-16-6-2-1-3-7-16/h1-3,6-7,10-13,18-20,24H,4-5,8-9,14H2,(H,23,26)(H,25,27)/p+1/t18-,19+,20+/m1/s1. The van der Waals surface area contributed by atoms with Gasteiger partial charge in [-0.25, -0.2) is 0 Å². The van der Waals surface area contributed by atoms with Gasteiger partial charge >= 0.3 is 0 Å². The summed E-state index contributed by atoms with van der Waals surface area (Å²) < 4.78 is 5.75. The lowest BCUT2D eigenvalue weighted by Gasteiger charge is -2.37. The molecule has 2 aromatic carbocycles. The lowest BCUT2D eigenvalue weighted by Crippen LogP contribution is -3.03. The van der Waals surface area contributed by atoms with Crippen LogP contribution < -0.4 is 20.7 Å². The van der Waals surface area contributed by atoms with Gasteiger partial charge in [0.25, 0.3) is 5.91 Å². The van der Waals surface area contributed by atoms with E-state index in [1.807, 2.05) is 42.5 Å². The van der Waals surface area contributed by atoms with Crippen LogP contribution in [-0.2, 0) is 9.59 Å². The Balaban J connectivity index is 1.30. The molecule has 1 aliphatic heterocycles. The quantitative estimate of drug-likeness (QED) is 0.743. The van der Waals surface area contributed by atoms with Gasteiger partial charge in [0.2, 0.25) is 5.91 Å². The number of piperazine rings is 1. The SMILES string of the molecule is O=C(C[C@@H]1[NH2+][C@@H]2CCCC[C@@H]2NC1=O)Nc1ccc(Oc2ccccc2)cc1. The number of nitrogens with two attached hydrogens (primary N) is 1. The molecule has 146 valence electrons. The molecule has 6 nitrogen and oxygen atoms in total. The topological polar surface area (TPSA) is 84.0 Å². The molecule has 2 aromatic rings. The van der Waals surface area contributed by atoms with Crippen molar-refractivity contribution in [3.05, 3.63) is 54.6 Å². The number of anilines is 1. The molecule has 6 heteroatoms. The molecule has 2 aliphatic rings. The fourth-order valence-corrected chi connectivity index (χ4v) is 4.05. The number of fused-ring (bicyclic) bond motifs is 1. The zero-order chi connectivity index (χ0) is 19.3. The highest BCUT2D eigenvalue weighted by Gasteiger charge is 2.40. The fourth-order valence-electron chi connectivity index (χ4n) is 4.05. The lowest BCUT2D eigenvalue weighted by molar-refractivity contribution is -0.718. The maximum absolute atomic E-state index is 12.4. The highest BCUT2D eigenvalue weighted by Crippen LogP contribution is 2.23. The van der Waals surface area contributed by atoms with Gasteiger partial charge in [0.15, 0.2) is 6.04 Å². The number of rotatable bonds is 5. The van der Waals surface area contributed by atoms with E-state index in [0.717, 1.165) is 18.6 Å². The van der Waals surface area contributed by atoms with Crippen molar-refractivity contribution in [1.29, 1.82) is 0 Å². The zero-order valence-electron chi connectivity index (χ0n) is 15.8. The number of quaternary nitrogens is 1. The minimum absolute atomic E-state index is 0.0232. The van der Waals surface area contributed by atoms with Crippen LogP contribution >= 0.6 is 0 Å². The first-order valence-electron chi connectivity index (χ1n) is 9.95. The van der Waals surface area contributed by atoms with E-state index in [1.165, 1.54) is 12.8 Å². The maximum atomic E-state index is 12.4. The molecule has 4 N–H and O–H groups in total. The third-order valence-corrected chi connectivity index (χ3v) is 5.49. The van der Waals surface area contributed by atoms with Crippen LogP contribution in [0.2, 0.25) is 0 Å². The Bertz CT molecular complexity index is 823. The van der Waals surface area contributed by atoms with Crippen molar-refractivity contribution in [2.75, 3.05) is 5.32 Å². The van der Waals surface area contributed by atoms with Gasteiger partial charge in [-0.2, -0.15) is 0 Å². The molecule has 28 heavy (non-hydrogen) atoms. The molecule has 2 amide bonds. The Hall–Kier alpha value is -2.86. The Morgan fingerprint density at radius 1 is 1.04 bits per heavy atom. The second kappa shape index (κ2) is 8.44. The molecular formula is C22H26N3O3+. The number of hydrogen-bond donors (Lipinski definition) is 3. The van der Waals surface area contributed by atoms with E-state index in [0.29, 0.717) is 17.5 Å². The lowest BCUT2D eigenvalue weighted by atomic mass is 9.87. The number of amides is 2. The van der Waals surface area contributed by atoms with Crippen molar-refractivity contribution in [2.24, 2.45) is 0 Å². The van der Waals surface area contributed by atoms with Crippen LogP contribution in [0.4, 0.5) is 5.69 Å². The van der Waals surface area contributed by atoms with Gasteiger partial charge in [0.05, 0.1) is 12.5 Å². The average molecular weight is 380 g/mol. The Labute approximate surface area is 164 Å². The first kappa shape index (κ1) is 18.5. The van der Waals surface area contributed by atoms with E-state index in [9.17, 15) is 9.59 Å². The van der Waals surface area contributed by atoms with E-state index in [2.05, 4.69) is 16.0 Å². The van der Waals surface area contributed by atoms with Crippen molar-refractivity contribution in [2.45, 2.75) is 50.2 Å². The van der Waals surface area contributed by atoms with Crippen LogP contribution in [0.1, 0.15) is 32.1 Å². The molecule has 0 unspecified atom stereocenters. The van der Waals surface area contributed by atoms with E-state index in [1.54, 1.807) is 12.1 Å². The van der Waals surface area contributed by atoms with Crippen LogP contribution in [0.3, 0.4) is 0 Å². The summed E-state index contributed by atoms with van der Waals surface area (Å²) in [6.07, 6.45) is 4.70. The van der Waals surface area contributed by atoms with E-state index in [-0.39, 0.29) is 30.3 Å². The summed E-state index contributed by atoms with van der Waals surface area (Å²) in [5.74, 6) is 1.29. The van der Waals surface area contributed by atoms with Crippen LogP contribution in [-0.4, -0.2) is 29.9 Å². The monoisotopic (exact) mass is 380 g/mol. The first-order valence-corrected chi connectivity index (χ1v) is 9.95. The molecule has 3 atom stereocenters. The van der Waals surface area contributed by atoms with Crippen LogP contribution in [0, 0.1) is 0 Å². The van der Waals surface area contributed by atoms with E-state index >= 15 is 0 Å². The van der Waals surface area contributed by atoms with Gasteiger partial charge in [-0.1, -0.05) is 24.6 Å². The Morgan fingerprint density at radius 2 is 1.75 bits per heavy atom. The molecule has 0 spiro atoms. The van der Waals surface area contributed by atoms with Crippen LogP contribution in [0.15, 0.2) is 54.6 Å². The summed E-state index contributed by atoms with van der Waals surface area (Å²) in [6, 6.07) is 17.1. The smallest absolute Gasteiger partial charge is 0.279 e. The molecule has 1 saturated heterocycles. The number of carbonyl (C=O) groups is 2. The summed E-state index contributed by atoms with van der Waals surface area (Å²) in [5.41, 5.74) is 0.692. The second-order valence-electron chi connectivity index (χ2n) is 7.55. The first-order chi connectivity index (χ1) is 13.7. The minimum Gasteiger partial charge on any atom is -0.457 e. The summed E-state index contributed by atoms with van der Waals surface area (Å²) >= 11 is 0. The van der Waals surface area contributed by atoms with Crippen molar-refractivity contribution >= 4 is 17.5 Å². The summed E-state index contributed by atoms with van der Waals surface area (Å²) in [7, 11) is 0. The van der Waals surface area contributed by atoms with Crippen LogP contribution in [0.25, 0.3) is 0 Å². The number of benzene rings is 2. The highest BCUT2D eigenvalue weighted by atomic mass is 16.5. The zero-order valence-corrected chi connectivity index (χ0v) is 15.8. The largest absolute Gasteiger partial charge is 0.457 e. The van der Waals surface area contributed by atoms with E-state index < -0.39 is 0 Å². The molecule has 1 aliphatic carbocycles. The van der Waals surface area contributed by atoms with E-state index in [4.69, 9.17) is 4.74 Å². The predicted molar refractivity (Wildman–Crippen MR) is 106 cm³/mol. The normalized spacial score (nSPS) is 24.0. The third kappa shape index (κ3) is 4.51. The number of ether oxygens (including phenoxy) is 1. The molecule has 0 radical (unpaired) electrons. The fraction of sp³-hybridized carbons (Fsp3) is 0.364. The summed E-state index contributed by atoms with van der Waals surface area (Å²) in [6.45, 7) is 0. The average Bonchev–Trinajstić information content (AvgIpc) is 2.71. The predicted octanol–water partition coefficient (Wildman–Crippen LogP) is 2.18. The summed E-state index contributed by atoms with van der Waals surface area (Å²) in [5, 5.41) is 8.08. The molecule has 2 fully saturated rings. The van der Waals surface area contributed by atoms with Crippen molar-refractivity contribution in [3.63, 3.8) is 0 Å². The third-order valence-electron chi connectivity index (χ3n) is 5.49. The molecule has 1 heterocycles. The molecular weight excluding hydrogens is 354 g/mol. The van der Waals surface area contributed by atoms with Gasteiger partial charge in [-0.15, -0.1) is 0 Å². The van der Waals surface area contributed by atoms with Gasteiger partial charge < -0.3 is 20.7 Å². The van der Waals surface area contributed by atoms with Crippen molar-refractivity contribution in [1.82, 2.24) is 5.32 Å². The molecule has 0 bridgehead atoms. The Kier molecular flexibility index (Phi) is 5.58. The van der Waals surface area contributed by atoms with Crippen LogP contribution in [0.5, 0.6) is 11.5 Å². The van der Waals surface area contributed by atoms with Gasteiger partial charge in [-0.05, 0) is 49.2 Å². The highest BCUT2D eigenvalue weighted by molar-refractivity contribution is 5.95. The van der Waals surface area contributed by atoms with Gasteiger partial charge in [0.1, 0.15) is 17.5 Å². The minimum atomic E-state index is -0.347. The number of nitrogens with one attached hydrogen (secondary N) is 2. The molecule has 0 aromatic heterocycles. The Morgan fingerprint density at radius 3 is 2.54 bits per heavy atom. The summed E-state index contributed by atoms with van der Waals surface area (Å²) in [4.78, 5) is 24.7. The van der Waals surface area contributed by atoms with Gasteiger partial charge in [0, 0.05) is 12.1 Å². The van der Waals surface area contributed by atoms with Crippen molar-refractivity contribution in [3.8, 4) is 11.5 Å². The molecule has 4 rings (SSSR count). The van der Waals surface area contributed by atoms with Crippen molar-refractivity contribution < 1.29 is 19.6 Å².